The summed E-state index contributed by atoms with van der Waals surface area (Å²) in [5, 5.41) is 9.66. The van der Waals surface area contributed by atoms with Gasteiger partial charge in [-0.3, -0.25) is 0 Å². The Morgan fingerprint density at radius 3 is 0.833 bits per heavy atom. The Balaban J connectivity index is 3.26. The predicted octanol–water partition coefficient (Wildman–Crippen LogP) is 10.4. The molecule has 0 saturated carbocycles. The lowest BCUT2D eigenvalue weighted by atomic mass is 9.94. The second kappa shape index (κ2) is 27.0. The summed E-state index contributed by atoms with van der Waals surface area (Å²) in [4.78, 5) is 0. The van der Waals surface area contributed by atoms with Crippen molar-refractivity contribution in [2.24, 2.45) is 5.92 Å². The first-order valence-electron chi connectivity index (χ1n) is 14.5. The number of rotatable bonds is 26. The minimum Gasteiger partial charge on any atom is -0.396 e. The topological polar surface area (TPSA) is 20.2 Å². The number of unbranched alkanes of at least 4 members (excludes halogenated alkanes) is 21. The third-order valence-electron chi connectivity index (χ3n) is 6.94. The maximum absolute atomic E-state index is 9.66. The van der Waals surface area contributed by atoms with Crippen LogP contribution >= 0.6 is 0 Å². The molecule has 0 aliphatic rings. The van der Waals surface area contributed by atoms with E-state index in [0.717, 1.165) is 0 Å². The number of hydrogen-bond donors (Lipinski definition) is 1. The Bertz CT molecular complexity index is 288. The summed E-state index contributed by atoms with van der Waals surface area (Å²) in [5.41, 5.74) is 0. The van der Waals surface area contributed by atoms with Gasteiger partial charge in [0.05, 0.1) is 0 Å². The van der Waals surface area contributed by atoms with E-state index in [1.165, 1.54) is 161 Å². The van der Waals surface area contributed by atoms with Crippen LogP contribution in [0.15, 0.2) is 0 Å². The van der Waals surface area contributed by atoms with Crippen LogP contribution in [0.2, 0.25) is 0 Å². The van der Waals surface area contributed by atoms with Gasteiger partial charge in [-0.1, -0.05) is 162 Å². The van der Waals surface area contributed by atoms with Crippen LogP contribution < -0.4 is 0 Å². The van der Waals surface area contributed by atoms with Crippen LogP contribution in [0.4, 0.5) is 0 Å². The number of hydrogen-bond acceptors (Lipinski definition) is 1. The molecule has 0 aliphatic carbocycles. The zero-order valence-electron chi connectivity index (χ0n) is 21.4. The summed E-state index contributed by atoms with van der Waals surface area (Å²) in [7, 11) is 0. The van der Waals surface area contributed by atoms with Gasteiger partial charge in [0.15, 0.2) is 0 Å². The molecule has 1 atom stereocenters. The lowest BCUT2D eigenvalue weighted by molar-refractivity contribution is 0.204. The Kier molecular flexibility index (Phi) is 27.0. The van der Waals surface area contributed by atoms with E-state index in [-0.39, 0.29) is 0 Å². The molecule has 0 fully saturated rings. The molecule has 0 aromatic carbocycles. The second-order valence-electron chi connectivity index (χ2n) is 10.1. The minimum atomic E-state index is 0.412. The van der Waals surface area contributed by atoms with Crippen molar-refractivity contribution in [3.05, 3.63) is 0 Å². The molecule has 1 unspecified atom stereocenters. The van der Waals surface area contributed by atoms with Gasteiger partial charge in [-0.15, -0.1) is 0 Å². The average molecular weight is 425 g/mol. The SMILES string of the molecule is CCCCCCCCCCCCCCCC(CO)CCCCCCCCCCCC. The minimum absolute atomic E-state index is 0.412. The Morgan fingerprint density at radius 1 is 0.367 bits per heavy atom. The molecule has 0 heterocycles. The molecule has 0 rings (SSSR count). The van der Waals surface area contributed by atoms with Crippen molar-refractivity contribution in [2.45, 2.75) is 174 Å². The van der Waals surface area contributed by atoms with Crippen molar-refractivity contribution in [1.82, 2.24) is 0 Å². The standard InChI is InChI=1S/C29H60O/c1-3-5-7-9-11-13-15-16-17-19-21-23-25-27-29(28-30)26-24-22-20-18-14-12-10-8-6-4-2/h29-30H,3-28H2,1-2H3. The van der Waals surface area contributed by atoms with E-state index in [9.17, 15) is 5.11 Å². The maximum Gasteiger partial charge on any atom is 0.0459 e. The fraction of sp³-hybridized carbons (Fsp3) is 1.00. The molecule has 0 saturated heterocycles. The fourth-order valence-corrected chi connectivity index (χ4v) is 4.70. The van der Waals surface area contributed by atoms with Crippen LogP contribution in [0.5, 0.6) is 0 Å². The first-order valence-corrected chi connectivity index (χ1v) is 14.5. The highest BCUT2D eigenvalue weighted by Crippen LogP contribution is 2.19. The molecular formula is C29H60O. The first kappa shape index (κ1) is 30.0. The maximum atomic E-state index is 9.66. The van der Waals surface area contributed by atoms with E-state index in [4.69, 9.17) is 0 Å². The van der Waals surface area contributed by atoms with Gasteiger partial charge < -0.3 is 5.11 Å². The van der Waals surface area contributed by atoms with Crippen LogP contribution in [0.25, 0.3) is 0 Å². The lowest BCUT2D eigenvalue weighted by Crippen LogP contribution is -2.06. The largest absolute Gasteiger partial charge is 0.396 e. The zero-order valence-corrected chi connectivity index (χ0v) is 21.4. The van der Waals surface area contributed by atoms with Gasteiger partial charge in [0, 0.05) is 6.61 Å². The number of aliphatic hydroxyl groups excluding tert-OH is 1. The summed E-state index contributed by atoms with van der Waals surface area (Å²) in [6.45, 7) is 5.00. The quantitative estimate of drug-likeness (QED) is 0.137. The van der Waals surface area contributed by atoms with Gasteiger partial charge in [-0.2, -0.15) is 0 Å². The molecule has 30 heavy (non-hydrogen) atoms. The summed E-state index contributed by atoms with van der Waals surface area (Å²) in [5.74, 6) is 0.576. The predicted molar refractivity (Wildman–Crippen MR) is 137 cm³/mol. The summed E-state index contributed by atoms with van der Waals surface area (Å²) >= 11 is 0. The zero-order chi connectivity index (χ0) is 22.0. The molecule has 0 amide bonds. The first-order chi connectivity index (χ1) is 14.8. The molecule has 1 heteroatoms. The van der Waals surface area contributed by atoms with Crippen LogP contribution in [-0.2, 0) is 0 Å². The van der Waals surface area contributed by atoms with Crippen LogP contribution in [0.3, 0.4) is 0 Å². The van der Waals surface area contributed by atoms with E-state index in [2.05, 4.69) is 13.8 Å². The van der Waals surface area contributed by atoms with E-state index in [1.54, 1.807) is 0 Å². The van der Waals surface area contributed by atoms with E-state index < -0.39 is 0 Å². The Morgan fingerprint density at radius 2 is 0.600 bits per heavy atom. The van der Waals surface area contributed by atoms with Crippen molar-refractivity contribution in [3.8, 4) is 0 Å². The van der Waals surface area contributed by atoms with Gasteiger partial charge in [-0.05, 0) is 18.8 Å². The Hall–Kier alpha value is -0.0400. The third kappa shape index (κ3) is 24.2. The number of aliphatic hydroxyl groups is 1. The highest BCUT2D eigenvalue weighted by molar-refractivity contribution is 4.60. The molecular weight excluding hydrogens is 364 g/mol. The average Bonchev–Trinajstić information content (AvgIpc) is 2.76. The van der Waals surface area contributed by atoms with Crippen molar-refractivity contribution in [3.63, 3.8) is 0 Å². The molecule has 1 nitrogen and oxygen atoms in total. The van der Waals surface area contributed by atoms with E-state index >= 15 is 0 Å². The Labute approximate surface area is 192 Å². The van der Waals surface area contributed by atoms with Crippen molar-refractivity contribution in [2.75, 3.05) is 6.61 Å². The fourth-order valence-electron chi connectivity index (χ4n) is 4.70. The molecule has 0 aromatic rings. The molecule has 182 valence electrons. The highest BCUT2D eigenvalue weighted by atomic mass is 16.3. The molecule has 1 N–H and O–H groups in total. The monoisotopic (exact) mass is 424 g/mol. The van der Waals surface area contributed by atoms with Gasteiger partial charge in [-0.25, -0.2) is 0 Å². The molecule has 0 bridgehead atoms. The van der Waals surface area contributed by atoms with Crippen molar-refractivity contribution >= 4 is 0 Å². The molecule has 0 aliphatic heterocycles. The lowest BCUT2D eigenvalue weighted by Gasteiger charge is -2.13. The summed E-state index contributed by atoms with van der Waals surface area (Å²) in [6.07, 6.45) is 35.1. The van der Waals surface area contributed by atoms with Gasteiger partial charge in [0.25, 0.3) is 0 Å². The van der Waals surface area contributed by atoms with Crippen LogP contribution in [0.1, 0.15) is 174 Å². The summed E-state index contributed by atoms with van der Waals surface area (Å²) in [6, 6.07) is 0. The van der Waals surface area contributed by atoms with Gasteiger partial charge in [0.2, 0.25) is 0 Å². The van der Waals surface area contributed by atoms with Crippen molar-refractivity contribution in [1.29, 1.82) is 0 Å². The highest BCUT2D eigenvalue weighted by Gasteiger charge is 2.07. The van der Waals surface area contributed by atoms with Gasteiger partial charge in [0.1, 0.15) is 0 Å². The smallest absolute Gasteiger partial charge is 0.0459 e. The van der Waals surface area contributed by atoms with Gasteiger partial charge >= 0.3 is 0 Å². The summed E-state index contributed by atoms with van der Waals surface area (Å²) < 4.78 is 0. The molecule has 0 spiro atoms. The molecule has 0 radical (unpaired) electrons. The second-order valence-corrected chi connectivity index (χ2v) is 10.1. The third-order valence-corrected chi connectivity index (χ3v) is 6.94. The van der Waals surface area contributed by atoms with Crippen LogP contribution in [-0.4, -0.2) is 11.7 Å². The normalized spacial score (nSPS) is 12.5. The van der Waals surface area contributed by atoms with Crippen molar-refractivity contribution < 1.29 is 5.11 Å². The van der Waals surface area contributed by atoms with E-state index in [0.29, 0.717) is 12.5 Å². The molecule has 0 aromatic heterocycles. The van der Waals surface area contributed by atoms with E-state index in [1.807, 2.05) is 0 Å². The van der Waals surface area contributed by atoms with Crippen LogP contribution in [0, 0.1) is 5.92 Å².